The van der Waals surface area contributed by atoms with Crippen molar-refractivity contribution in [2.24, 2.45) is 0 Å². The van der Waals surface area contributed by atoms with Crippen LogP contribution < -0.4 is 5.32 Å². The zero-order chi connectivity index (χ0) is 25.8. The summed E-state index contributed by atoms with van der Waals surface area (Å²) in [4.78, 5) is 30.3. The number of hydrogen-bond acceptors (Lipinski definition) is 7. The molecule has 2 aromatic carbocycles. The molecule has 5 rings (SSSR count). The van der Waals surface area contributed by atoms with Crippen molar-refractivity contribution >= 4 is 11.8 Å². The minimum absolute atomic E-state index is 0.0677. The quantitative estimate of drug-likeness (QED) is 0.412. The van der Waals surface area contributed by atoms with Gasteiger partial charge in [-0.15, -0.1) is 0 Å². The summed E-state index contributed by atoms with van der Waals surface area (Å²) in [5.74, 6) is 0.736. The summed E-state index contributed by atoms with van der Waals surface area (Å²) >= 11 is 0. The van der Waals surface area contributed by atoms with E-state index in [1.807, 2.05) is 65.6 Å². The second-order valence-electron chi connectivity index (χ2n) is 9.05. The molecule has 4 aromatic rings. The second kappa shape index (κ2) is 10.8. The maximum absolute atomic E-state index is 13.3. The number of aryl methyl sites for hydroxylation is 2. The molecule has 9 heteroatoms. The fourth-order valence-electron chi connectivity index (χ4n) is 4.60. The molecule has 9 nitrogen and oxygen atoms in total. The van der Waals surface area contributed by atoms with Crippen molar-refractivity contribution in [3.8, 4) is 22.5 Å². The van der Waals surface area contributed by atoms with Crippen LogP contribution in [-0.4, -0.2) is 71.2 Å². The smallest absolute Gasteiger partial charge is 0.259 e. The van der Waals surface area contributed by atoms with Crippen LogP contribution in [-0.2, 0) is 0 Å². The lowest BCUT2D eigenvalue weighted by Crippen LogP contribution is -2.50. The molecule has 1 saturated heterocycles. The Morgan fingerprint density at radius 3 is 1.86 bits per heavy atom. The number of carbonyl (C=O) groups excluding carboxylic acids is 2. The predicted molar refractivity (Wildman–Crippen MR) is 138 cm³/mol. The number of amides is 2. The lowest BCUT2D eigenvalue weighted by atomic mass is 10.0. The van der Waals surface area contributed by atoms with E-state index in [2.05, 4.69) is 20.5 Å². The van der Waals surface area contributed by atoms with E-state index >= 15 is 0 Å². The standard InChI is InChI=1S/C28H29N5O4/c1-19-23(25(30-36-19)21-9-5-3-6-10-21)27(34)29-13-14-32-15-17-33(18-16-32)28(35)24-20(2)37-31-26(24)22-11-7-4-8-12-22/h3-12H,13-18H2,1-2H3,(H,29,34). The summed E-state index contributed by atoms with van der Waals surface area (Å²) in [7, 11) is 0. The topological polar surface area (TPSA) is 105 Å². The van der Waals surface area contributed by atoms with Gasteiger partial charge in [-0.2, -0.15) is 0 Å². The van der Waals surface area contributed by atoms with Gasteiger partial charge in [0.1, 0.15) is 34.0 Å². The summed E-state index contributed by atoms with van der Waals surface area (Å²) in [5.41, 5.74) is 3.79. The first-order valence-corrected chi connectivity index (χ1v) is 12.4. The molecule has 1 aliphatic rings. The summed E-state index contributed by atoms with van der Waals surface area (Å²) in [6, 6.07) is 19.1. The Bertz CT molecular complexity index is 1370. The fourth-order valence-corrected chi connectivity index (χ4v) is 4.60. The Balaban J connectivity index is 1.15. The first-order valence-electron chi connectivity index (χ1n) is 12.4. The van der Waals surface area contributed by atoms with Gasteiger partial charge in [0.2, 0.25) is 0 Å². The number of benzene rings is 2. The molecular formula is C28H29N5O4. The number of nitrogens with zero attached hydrogens (tertiary/aromatic N) is 4. The lowest BCUT2D eigenvalue weighted by Gasteiger charge is -2.34. The third kappa shape index (κ3) is 5.17. The molecule has 0 unspecified atom stereocenters. The van der Waals surface area contributed by atoms with Gasteiger partial charge in [0.15, 0.2) is 0 Å². The van der Waals surface area contributed by atoms with E-state index in [0.717, 1.165) is 11.1 Å². The van der Waals surface area contributed by atoms with Crippen molar-refractivity contribution in [3.63, 3.8) is 0 Å². The number of aromatic nitrogens is 2. The largest absolute Gasteiger partial charge is 0.360 e. The molecule has 1 N–H and O–H groups in total. The fraction of sp³-hybridized carbons (Fsp3) is 0.286. The Morgan fingerprint density at radius 2 is 1.30 bits per heavy atom. The Labute approximate surface area is 215 Å². The predicted octanol–water partition coefficient (Wildman–Crippen LogP) is 3.80. The molecule has 190 valence electrons. The van der Waals surface area contributed by atoms with E-state index in [1.54, 1.807) is 13.8 Å². The summed E-state index contributed by atoms with van der Waals surface area (Å²) in [6.07, 6.45) is 0. The van der Waals surface area contributed by atoms with Gasteiger partial charge in [-0.1, -0.05) is 71.0 Å². The van der Waals surface area contributed by atoms with Crippen molar-refractivity contribution in [1.29, 1.82) is 0 Å². The van der Waals surface area contributed by atoms with Crippen LogP contribution in [0.15, 0.2) is 69.7 Å². The minimum Gasteiger partial charge on any atom is -0.360 e. The van der Waals surface area contributed by atoms with Crippen molar-refractivity contribution in [2.75, 3.05) is 39.3 Å². The first kappa shape index (κ1) is 24.5. The molecule has 37 heavy (non-hydrogen) atoms. The number of hydrogen-bond donors (Lipinski definition) is 1. The molecule has 0 spiro atoms. The lowest BCUT2D eigenvalue weighted by molar-refractivity contribution is 0.0637. The van der Waals surface area contributed by atoms with Crippen molar-refractivity contribution in [1.82, 2.24) is 25.4 Å². The molecule has 3 heterocycles. The molecule has 1 aliphatic heterocycles. The molecular weight excluding hydrogens is 470 g/mol. The first-order chi connectivity index (χ1) is 18.0. The maximum Gasteiger partial charge on any atom is 0.259 e. The SMILES string of the molecule is Cc1onc(-c2ccccc2)c1C(=O)NCCN1CCN(C(=O)c2c(-c3ccccc3)noc2C)CC1. The van der Waals surface area contributed by atoms with Gasteiger partial charge in [0.05, 0.1) is 0 Å². The van der Waals surface area contributed by atoms with Crippen LogP contribution in [0, 0.1) is 13.8 Å². The highest BCUT2D eigenvalue weighted by Gasteiger charge is 2.29. The van der Waals surface area contributed by atoms with Crippen LogP contribution in [0.3, 0.4) is 0 Å². The molecule has 0 atom stereocenters. The van der Waals surface area contributed by atoms with E-state index in [4.69, 9.17) is 9.05 Å². The average molecular weight is 500 g/mol. The van der Waals surface area contributed by atoms with E-state index in [1.165, 1.54) is 0 Å². The molecule has 1 fully saturated rings. The van der Waals surface area contributed by atoms with Gasteiger partial charge in [-0.25, -0.2) is 0 Å². The Hall–Kier alpha value is -4.24. The van der Waals surface area contributed by atoms with Gasteiger partial charge in [-0.05, 0) is 13.8 Å². The normalized spacial score (nSPS) is 14.1. The number of rotatable bonds is 7. The zero-order valence-electron chi connectivity index (χ0n) is 20.9. The molecule has 0 saturated carbocycles. The summed E-state index contributed by atoms with van der Waals surface area (Å²) in [5, 5.41) is 11.2. The zero-order valence-corrected chi connectivity index (χ0v) is 20.9. The molecule has 0 aliphatic carbocycles. The van der Waals surface area contributed by atoms with Crippen LogP contribution in [0.25, 0.3) is 22.5 Å². The highest BCUT2D eigenvalue weighted by atomic mass is 16.5. The van der Waals surface area contributed by atoms with Gasteiger partial charge in [0, 0.05) is 50.4 Å². The number of nitrogens with one attached hydrogen (secondary N) is 1. The highest BCUT2D eigenvalue weighted by Crippen LogP contribution is 2.27. The number of piperazine rings is 1. The molecule has 0 radical (unpaired) electrons. The van der Waals surface area contributed by atoms with Crippen molar-refractivity contribution < 1.29 is 18.6 Å². The van der Waals surface area contributed by atoms with E-state index in [-0.39, 0.29) is 11.8 Å². The third-order valence-electron chi connectivity index (χ3n) is 6.63. The summed E-state index contributed by atoms with van der Waals surface area (Å²) in [6.45, 7) is 7.29. The maximum atomic E-state index is 13.3. The highest BCUT2D eigenvalue weighted by molar-refractivity contribution is 6.01. The van der Waals surface area contributed by atoms with Crippen LogP contribution >= 0.6 is 0 Å². The third-order valence-corrected chi connectivity index (χ3v) is 6.63. The second-order valence-corrected chi connectivity index (χ2v) is 9.05. The average Bonchev–Trinajstić information content (AvgIpc) is 3.52. The van der Waals surface area contributed by atoms with E-state index in [0.29, 0.717) is 73.3 Å². The van der Waals surface area contributed by atoms with Gasteiger partial charge < -0.3 is 19.3 Å². The summed E-state index contributed by atoms with van der Waals surface area (Å²) < 4.78 is 10.7. The molecule has 2 amide bonds. The van der Waals surface area contributed by atoms with Crippen LogP contribution in [0.5, 0.6) is 0 Å². The number of carbonyl (C=O) groups is 2. The van der Waals surface area contributed by atoms with Crippen LogP contribution in [0.4, 0.5) is 0 Å². The molecule has 2 aromatic heterocycles. The minimum atomic E-state index is -0.206. The Kier molecular flexibility index (Phi) is 7.14. The van der Waals surface area contributed by atoms with Gasteiger partial charge in [-0.3, -0.25) is 14.5 Å². The van der Waals surface area contributed by atoms with Gasteiger partial charge >= 0.3 is 0 Å². The van der Waals surface area contributed by atoms with E-state index < -0.39 is 0 Å². The molecule has 0 bridgehead atoms. The van der Waals surface area contributed by atoms with Crippen LogP contribution in [0.1, 0.15) is 32.2 Å². The van der Waals surface area contributed by atoms with Gasteiger partial charge in [0.25, 0.3) is 11.8 Å². The van der Waals surface area contributed by atoms with Crippen molar-refractivity contribution in [3.05, 3.63) is 83.3 Å². The Morgan fingerprint density at radius 1 is 0.784 bits per heavy atom. The monoisotopic (exact) mass is 499 g/mol. The van der Waals surface area contributed by atoms with E-state index in [9.17, 15) is 9.59 Å². The van der Waals surface area contributed by atoms with Crippen LogP contribution in [0.2, 0.25) is 0 Å². The van der Waals surface area contributed by atoms with Crippen molar-refractivity contribution in [2.45, 2.75) is 13.8 Å².